The average molecular weight is 322 g/mol. The molecule has 0 N–H and O–H groups in total. The van der Waals surface area contributed by atoms with Crippen LogP contribution in [-0.4, -0.2) is 20.0 Å². The van der Waals surface area contributed by atoms with Crippen LogP contribution in [0.15, 0.2) is 47.4 Å². The molecule has 0 aliphatic carbocycles. The highest BCUT2D eigenvalue weighted by molar-refractivity contribution is 6.36. The van der Waals surface area contributed by atoms with E-state index in [1.165, 1.54) is 16.5 Å². The third-order valence-corrected chi connectivity index (χ3v) is 3.56. The van der Waals surface area contributed by atoms with E-state index in [-0.39, 0.29) is 23.0 Å². The summed E-state index contributed by atoms with van der Waals surface area (Å²) in [6, 6.07) is 9.78. The molecule has 0 saturated heterocycles. The van der Waals surface area contributed by atoms with E-state index in [1.807, 2.05) is 0 Å². The number of aromatic nitrogens is 3. The molecule has 0 bridgehead atoms. The minimum atomic E-state index is -0.371. The quantitative estimate of drug-likeness (QED) is 0.697. The summed E-state index contributed by atoms with van der Waals surface area (Å²) in [4.78, 5) is 24.3. The van der Waals surface area contributed by atoms with Crippen LogP contribution in [-0.2, 0) is 6.54 Å². The second kappa shape index (κ2) is 5.35. The van der Waals surface area contributed by atoms with Crippen LogP contribution in [0.2, 0.25) is 10.0 Å². The normalized spacial score (nSPS) is 11.0. The molecule has 0 unspecified atom stereocenters. The number of pyridine rings is 1. The molecule has 0 spiro atoms. The largest absolute Gasteiger partial charge is 0.350 e. The van der Waals surface area contributed by atoms with Crippen molar-refractivity contribution in [2.75, 3.05) is 0 Å². The predicted octanol–water partition coefficient (Wildman–Crippen LogP) is 2.69. The SMILES string of the molecule is O=C(Cn1nc2ccccn2c1=O)c1ccc(Cl)cc1Cl. The van der Waals surface area contributed by atoms with E-state index in [1.54, 1.807) is 30.5 Å². The van der Waals surface area contributed by atoms with Gasteiger partial charge in [0, 0.05) is 16.8 Å². The second-order valence-electron chi connectivity index (χ2n) is 4.42. The molecule has 0 aliphatic rings. The van der Waals surface area contributed by atoms with Crippen molar-refractivity contribution in [1.82, 2.24) is 14.2 Å². The summed E-state index contributed by atoms with van der Waals surface area (Å²) in [7, 11) is 0. The molecule has 0 amide bonds. The van der Waals surface area contributed by atoms with Crippen LogP contribution in [0.5, 0.6) is 0 Å². The van der Waals surface area contributed by atoms with E-state index in [0.29, 0.717) is 16.2 Å². The van der Waals surface area contributed by atoms with Gasteiger partial charge in [-0.1, -0.05) is 29.3 Å². The standard InChI is InChI=1S/C14H9Cl2N3O2/c15-9-4-5-10(11(16)7-9)12(20)8-19-14(21)18-6-2-1-3-13(18)17-19/h1-7H,8H2. The molecule has 0 radical (unpaired) electrons. The fourth-order valence-corrected chi connectivity index (χ4v) is 2.52. The van der Waals surface area contributed by atoms with Crippen molar-refractivity contribution in [2.24, 2.45) is 0 Å². The van der Waals surface area contributed by atoms with Gasteiger partial charge < -0.3 is 0 Å². The molecule has 0 aliphatic heterocycles. The van der Waals surface area contributed by atoms with Gasteiger partial charge in [0.1, 0.15) is 6.54 Å². The van der Waals surface area contributed by atoms with Gasteiger partial charge in [0.2, 0.25) is 0 Å². The van der Waals surface area contributed by atoms with Gasteiger partial charge in [-0.3, -0.25) is 9.20 Å². The van der Waals surface area contributed by atoms with Crippen molar-refractivity contribution in [3.8, 4) is 0 Å². The van der Waals surface area contributed by atoms with E-state index < -0.39 is 0 Å². The second-order valence-corrected chi connectivity index (χ2v) is 5.26. The maximum absolute atomic E-state index is 12.2. The highest BCUT2D eigenvalue weighted by Crippen LogP contribution is 2.21. The summed E-state index contributed by atoms with van der Waals surface area (Å²) in [5, 5.41) is 4.80. The van der Waals surface area contributed by atoms with Gasteiger partial charge in [-0.05, 0) is 30.3 Å². The maximum Gasteiger partial charge on any atom is 0.350 e. The van der Waals surface area contributed by atoms with Crippen molar-refractivity contribution < 1.29 is 4.79 Å². The zero-order chi connectivity index (χ0) is 15.0. The summed E-state index contributed by atoms with van der Waals surface area (Å²) in [5.74, 6) is -0.304. The molecular weight excluding hydrogens is 313 g/mol. The lowest BCUT2D eigenvalue weighted by Crippen LogP contribution is -2.25. The first kappa shape index (κ1) is 13.9. The van der Waals surface area contributed by atoms with E-state index in [0.717, 1.165) is 4.68 Å². The topological polar surface area (TPSA) is 56.4 Å². The van der Waals surface area contributed by atoms with Gasteiger partial charge in [-0.2, -0.15) is 0 Å². The molecule has 1 aromatic carbocycles. The summed E-state index contributed by atoms with van der Waals surface area (Å²) in [5.41, 5.74) is 0.423. The summed E-state index contributed by atoms with van der Waals surface area (Å²) in [6.45, 7) is -0.179. The highest BCUT2D eigenvalue weighted by atomic mass is 35.5. The molecule has 2 aromatic heterocycles. The number of nitrogens with zero attached hydrogens (tertiary/aromatic N) is 3. The third-order valence-electron chi connectivity index (χ3n) is 3.01. The Kier molecular flexibility index (Phi) is 3.53. The van der Waals surface area contributed by atoms with Crippen molar-refractivity contribution in [1.29, 1.82) is 0 Å². The first-order valence-corrected chi connectivity index (χ1v) is 6.84. The monoisotopic (exact) mass is 321 g/mol. The molecule has 106 valence electrons. The Labute approximate surface area is 129 Å². The highest BCUT2D eigenvalue weighted by Gasteiger charge is 2.14. The van der Waals surface area contributed by atoms with E-state index in [2.05, 4.69) is 5.10 Å². The zero-order valence-electron chi connectivity index (χ0n) is 10.7. The minimum absolute atomic E-state index is 0.179. The van der Waals surface area contributed by atoms with Gasteiger partial charge in [0.05, 0.1) is 5.02 Å². The van der Waals surface area contributed by atoms with Gasteiger partial charge in [0.15, 0.2) is 11.4 Å². The predicted molar refractivity (Wildman–Crippen MR) is 80.2 cm³/mol. The summed E-state index contributed by atoms with van der Waals surface area (Å²) < 4.78 is 2.49. The van der Waals surface area contributed by atoms with Crippen LogP contribution in [0.1, 0.15) is 10.4 Å². The summed E-state index contributed by atoms with van der Waals surface area (Å²) >= 11 is 11.8. The van der Waals surface area contributed by atoms with E-state index in [9.17, 15) is 9.59 Å². The lowest BCUT2D eigenvalue weighted by atomic mass is 10.1. The van der Waals surface area contributed by atoms with E-state index >= 15 is 0 Å². The molecule has 5 nitrogen and oxygen atoms in total. The lowest BCUT2D eigenvalue weighted by molar-refractivity contribution is 0.0966. The maximum atomic E-state index is 12.2. The van der Waals surface area contributed by atoms with Crippen molar-refractivity contribution in [3.63, 3.8) is 0 Å². The number of halogens is 2. The molecule has 3 aromatic rings. The Bertz CT molecular complexity index is 899. The number of benzene rings is 1. The number of Topliss-reactive ketones (excluding diaryl/α,β-unsaturated/α-hetero) is 1. The number of hydrogen-bond donors (Lipinski definition) is 0. The van der Waals surface area contributed by atoms with Crippen LogP contribution in [0.25, 0.3) is 5.65 Å². The Hall–Kier alpha value is -2.11. The average Bonchev–Trinajstić information content (AvgIpc) is 2.76. The smallest absolute Gasteiger partial charge is 0.292 e. The molecule has 2 heterocycles. The van der Waals surface area contributed by atoms with Crippen LogP contribution in [0.4, 0.5) is 0 Å². The molecule has 7 heteroatoms. The molecule has 0 saturated carbocycles. The Morgan fingerprint density at radius 3 is 2.71 bits per heavy atom. The molecule has 3 rings (SSSR count). The number of fused-ring (bicyclic) bond motifs is 1. The lowest BCUT2D eigenvalue weighted by Gasteiger charge is -2.03. The third kappa shape index (κ3) is 2.57. The number of rotatable bonds is 3. The first-order valence-electron chi connectivity index (χ1n) is 6.09. The fourth-order valence-electron chi connectivity index (χ4n) is 2.01. The van der Waals surface area contributed by atoms with Crippen LogP contribution in [0.3, 0.4) is 0 Å². The van der Waals surface area contributed by atoms with Crippen LogP contribution in [0, 0.1) is 0 Å². The number of ketones is 1. The number of hydrogen-bond acceptors (Lipinski definition) is 3. The van der Waals surface area contributed by atoms with Gasteiger partial charge in [-0.25, -0.2) is 9.48 Å². The van der Waals surface area contributed by atoms with Gasteiger partial charge in [0.25, 0.3) is 0 Å². The Morgan fingerprint density at radius 1 is 1.19 bits per heavy atom. The van der Waals surface area contributed by atoms with E-state index in [4.69, 9.17) is 23.2 Å². The minimum Gasteiger partial charge on any atom is -0.292 e. The molecule has 0 atom stereocenters. The van der Waals surface area contributed by atoms with Crippen molar-refractivity contribution in [3.05, 3.63) is 68.7 Å². The Balaban J connectivity index is 1.96. The summed E-state index contributed by atoms with van der Waals surface area (Å²) in [6.07, 6.45) is 1.60. The van der Waals surface area contributed by atoms with Gasteiger partial charge >= 0.3 is 5.69 Å². The molecule has 21 heavy (non-hydrogen) atoms. The van der Waals surface area contributed by atoms with Crippen LogP contribution >= 0.6 is 23.2 Å². The molecular formula is C14H9Cl2N3O2. The fraction of sp³-hybridized carbons (Fsp3) is 0.0714. The van der Waals surface area contributed by atoms with Crippen molar-refractivity contribution >= 4 is 34.6 Å². The first-order chi connectivity index (χ1) is 10.1. The van der Waals surface area contributed by atoms with Crippen molar-refractivity contribution in [2.45, 2.75) is 6.54 Å². The van der Waals surface area contributed by atoms with Crippen LogP contribution < -0.4 is 5.69 Å². The molecule has 0 fully saturated rings. The Morgan fingerprint density at radius 2 is 2.00 bits per heavy atom. The van der Waals surface area contributed by atoms with Gasteiger partial charge in [-0.15, -0.1) is 5.10 Å². The number of carbonyl (C=O) groups excluding carboxylic acids is 1. The zero-order valence-corrected chi connectivity index (χ0v) is 12.2. The number of carbonyl (C=O) groups is 1.